The molecule has 1 aromatic carbocycles. The predicted octanol–water partition coefficient (Wildman–Crippen LogP) is 2.17. The van der Waals surface area contributed by atoms with Crippen molar-refractivity contribution < 1.29 is 19.8 Å². The standard InChI is InChI=1S/C8H9N.C6H10O4.H3N/c1-2-7-4-8(3-1)6-9-5-7;7-5(8)3-1-2-4-6(9)10;/h1-4,9H,5-6H2;1-4H2,(H,7,8)(H,9,10);1H3. The Kier molecular flexibility index (Phi) is 8.98. The Morgan fingerprint density at radius 2 is 1.45 bits per heavy atom. The normalized spacial score (nSPS) is 11.6. The number of nitrogens with one attached hydrogen (secondary N) is 1. The van der Waals surface area contributed by atoms with Gasteiger partial charge in [-0.1, -0.05) is 24.3 Å². The van der Waals surface area contributed by atoms with Gasteiger partial charge in [-0.3, -0.25) is 9.59 Å². The molecule has 0 radical (unpaired) electrons. The van der Waals surface area contributed by atoms with Crippen molar-refractivity contribution >= 4 is 11.9 Å². The molecule has 6 N–H and O–H groups in total. The average molecular weight is 282 g/mol. The number of hydrogen-bond acceptors (Lipinski definition) is 4. The molecule has 6 nitrogen and oxygen atoms in total. The van der Waals surface area contributed by atoms with Gasteiger partial charge in [0.15, 0.2) is 0 Å². The van der Waals surface area contributed by atoms with Crippen molar-refractivity contribution in [1.82, 2.24) is 11.5 Å². The SMILES string of the molecule is N.O=C(O)CCCCC(=O)O.c1cc2cc(c1)CNC2. The molecule has 112 valence electrons. The Balaban J connectivity index is 0.000000344. The number of aliphatic carboxylic acids is 2. The lowest BCUT2D eigenvalue weighted by Gasteiger charge is -2.12. The summed E-state index contributed by atoms with van der Waals surface area (Å²) in [5.74, 6) is -1.74. The van der Waals surface area contributed by atoms with Gasteiger partial charge in [-0.05, 0) is 24.0 Å². The lowest BCUT2D eigenvalue weighted by molar-refractivity contribution is -0.139. The molecule has 0 amide bonds. The average Bonchev–Trinajstić information content (AvgIpc) is 2.35. The third-order valence-electron chi connectivity index (χ3n) is 2.68. The maximum Gasteiger partial charge on any atom is 0.303 e. The summed E-state index contributed by atoms with van der Waals surface area (Å²) in [5, 5.41) is 19.6. The van der Waals surface area contributed by atoms with Crippen LogP contribution in [0, 0.1) is 0 Å². The molecule has 0 saturated heterocycles. The first-order chi connectivity index (χ1) is 9.08. The van der Waals surface area contributed by atoms with Crippen molar-refractivity contribution in [2.45, 2.75) is 38.8 Å². The van der Waals surface area contributed by atoms with E-state index < -0.39 is 11.9 Å². The second-order valence-electron chi connectivity index (χ2n) is 4.42. The van der Waals surface area contributed by atoms with Gasteiger partial charge in [0.2, 0.25) is 0 Å². The van der Waals surface area contributed by atoms with Crippen LogP contribution in [0.2, 0.25) is 0 Å². The number of hydrogen-bond donors (Lipinski definition) is 4. The molecule has 0 saturated carbocycles. The van der Waals surface area contributed by atoms with Crippen molar-refractivity contribution in [3.8, 4) is 0 Å². The summed E-state index contributed by atoms with van der Waals surface area (Å²) < 4.78 is 0. The van der Waals surface area contributed by atoms with Crippen LogP contribution in [-0.4, -0.2) is 22.2 Å². The number of carboxylic acids is 2. The monoisotopic (exact) mass is 282 g/mol. The largest absolute Gasteiger partial charge is 0.481 e. The molecule has 1 aromatic rings. The zero-order valence-corrected chi connectivity index (χ0v) is 11.5. The van der Waals surface area contributed by atoms with E-state index in [0.29, 0.717) is 12.8 Å². The highest BCUT2D eigenvalue weighted by Gasteiger charge is 2.00. The molecular formula is C14H22N2O4. The number of carboxylic acid groups (broad SMARTS) is 2. The molecule has 2 rings (SSSR count). The van der Waals surface area contributed by atoms with Crippen LogP contribution in [0.5, 0.6) is 0 Å². The number of fused-ring (bicyclic) bond motifs is 2. The summed E-state index contributed by atoms with van der Waals surface area (Å²) in [6.45, 7) is 2.07. The fourth-order valence-corrected chi connectivity index (χ4v) is 1.75. The summed E-state index contributed by atoms with van der Waals surface area (Å²) in [5.41, 5.74) is 2.80. The van der Waals surface area contributed by atoms with E-state index in [0.717, 1.165) is 13.1 Å². The maximum absolute atomic E-state index is 9.90. The molecule has 0 atom stereocenters. The number of carbonyl (C=O) groups is 2. The molecule has 0 unspecified atom stereocenters. The van der Waals surface area contributed by atoms with Crippen molar-refractivity contribution in [3.63, 3.8) is 0 Å². The van der Waals surface area contributed by atoms with E-state index in [4.69, 9.17) is 10.2 Å². The van der Waals surface area contributed by atoms with Crippen LogP contribution in [0.25, 0.3) is 0 Å². The predicted molar refractivity (Wildman–Crippen MR) is 75.7 cm³/mol. The van der Waals surface area contributed by atoms with Crippen molar-refractivity contribution in [2.75, 3.05) is 0 Å². The molecule has 2 bridgehead atoms. The summed E-state index contributed by atoms with van der Waals surface area (Å²) in [6.07, 6.45) is 1.02. The van der Waals surface area contributed by atoms with E-state index in [2.05, 4.69) is 29.6 Å². The second-order valence-corrected chi connectivity index (χ2v) is 4.42. The fraction of sp³-hybridized carbons (Fsp3) is 0.429. The third kappa shape index (κ3) is 8.23. The zero-order chi connectivity index (χ0) is 14.1. The Morgan fingerprint density at radius 3 is 1.80 bits per heavy atom. The molecular weight excluding hydrogens is 260 g/mol. The number of unbranched alkanes of at least 4 members (excludes halogenated alkanes) is 1. The van der Waals surface area contributed by atoms with Crippen molar-refractivity contribution in [2.24, 2.45) is 0 Å². The van der Waals surface area contributed by atoms with Crippen LogP contribution >= 0.6 is 0 Å². The minimum Gasteiger partial charge on any atom is -0.481 e. The minimum absolute atomic E-state index is 0. The topological polar surface area (TPSA) is 122 Å². The minimum atomic E-state index is -0.870. The molecule has 6 heteroatoms. The van der Waals surface area contributed by atoms with Crippen molar-refractivity contribution in [1.29, 1.82) is 0 Å². The van der Waals surface area contributed by atoms with Gasteiger partial charge in [-0.2, -0.15) is 0 Å². The highest BCUT2D eigenvalue weighted by Crippen LogP contribution is 2.09. The van der Waals surface area contributed by atoms with E-state index in [-0.39, 0.29) is 19.0 Å². The van der Waals surface area contributed by atoms with Crippen LogP contribution in [0.15, 0.2) is 24.3 Å². The first-order valence-electron chi connectivity index (χ1n) is 6.30. The second kappa shape index (κ2) is 9.94. The third-order valence-corrected chi connectivity index (χ3v) is 2.68. The van der Waals surface area contributed by atoms with E-state index in [1.165, 1.54) is 11.1 Å². The van der Waals surface area contributed by atoms with Crippen LogP contribution in [0.3, 0.4) is 0 Å². The lowest BCUT2D eigenvalue weighted by Crippen LogP contribution is -2.17. The first-order valence-corrected chi connectivity index (χ1v) is 6.30. The Hall–Kier alpha value is -1.92. The van der Waals surface area contributed by atoms with Gasteiger partial charge in [0, 0.05) is 25.9 Å². The van der Waals surface area contributed by atoms with Gasteiger partial charge >= 0.3 is 11.9 Å². The molecule has 1 heterocycles. The molecule has 1 aliphatic heterocycles. The molecule has 0 aliphatic carbocycles. The first kappa shape index (κ1) is 18.1. The van der Waals surface area contributed by atoms with E-state index in [1.54, 1.807) is 0 Å². The summed E-state index contributed by atoms with van der Waals surface area (Å²) in [4.78, 5) is 19.8. The van der Waals surface area contributed by atoms with Gasteiger partial charge in [0.25, 0.3) is 0 Å². The maximum atomic E-state index is 9.90. The summed E-state index contributed by atoms with van der Waals surface area (Å²) in [7, 11) is 0. The van der Waals surface area contributed by atoms with E-state index in [1.807, 2.05) is 0 Å². The molecule has 1 aliphatic rings. The highest BCUT2D eigenvalue weighted by atomic mass is 16.4. The molecule has 20 heavy (non-hydrogen) atoms. The van der Waals surface area contributed by atoms with Crippen LogP contribution in [0.1, 0.15) is 36.8 Å². The van der Waals surface area contributed by atoms with E-state index >= 15 is 0 Å². The molecule has 0 spiro atoms. The lowest BCUT2D eigenvalue weighted by atomic mass is 10.1. The molecule has 0 fully saturated rings. The summed E-state index contributed by atoms with van der Waals surface area (Å²) >= 11 is 0. The van der Waals surface area contributed by atoms with E-state index in [9.17, 15) is 9.59 Å². The van der Waals surface area contributed by atoms with Crippen LogP contribution in [0.4, 0.5) is 0 Å². The summed E-state index contributed by atoms with van der Waals surface area (Å²) in [6, 6.07) is 8.66. The van der Waals surface area contributed by atoms with Gasteiger partial charge in [-0.15, -0.1) is 0 Å². The quantitative estimate of drug-likeness (QED) is 0.614. The van der Waals surface area contributed by atoms with Gasteiger partial charge in [0.1, 0.15) is 0 Å². The fourth-order valence-electron chi connectivity index (χ4n) is 1.75. The van der Waals surface area contributed by atoms with Crippen LogP contribution < -0.4 is 11.5 Å². The highest BCUT2D eigenvalue weighted by molar-refractivity contribution is 5.67. The Bertz CT molecular complexity index is 400. The van der Waals surface area contributed by atoms with Gasteiger partial charge < -0.3 is 21.7 Å². The van der Waals surface area contributed by atoms with Gasteiger partial charge in [0.05, 0.1) is 0 Å². The number of rotatable bonds is 5. The molecule has 0 aromatic heterocycles. The zero-order valence-electron chi connectivity index (χ0n) is 11.5. The smallest absolute Gasteiger partial charge is 0.303 e. The Morgan fingerprint density at radius 1 is 1.00 bits per heavy atom. The van der Waals surface area contributed by atoms with Gasteiger partial charge in [-0.25, -0.2) is 0 Å². The Labute approximate surface area is 118 Å². The van der Waals surface area contributed by atoms with Crippen molar-refractivity contribution in [3.05, 3.63) is 35.4 Å². The van der Waals surface area contributed by atoms with Crippen LogP contribution in [-0.2, 0) is 22.7 Å². The number of benzene rings is 1.